The normalized spacial score (nSPS) is 12.5. The predicted octanol–water partition coefficient (Wildman–Crippen LogP) is 1.33. The van der Waals surface area contributed by atoms with Gasteiger partial charge in [0.1, 0.15) is 0 Å². The lowest BCUT2D eigenvalue weighted by molar-refractivity contribution is 0.171. The highest BCUT2D eigenvalue weighted by Crippen LogP contribution is 2.21. The van der Waals surface area contributed by atoms with Gasteiger partial charge in [-0.15, -0.1) is 0 Å². The Kier molecular flexibility index (Phi) is 4.95. The first kappa shape index (κ1) is 15.9. The molecule has 0 aliphatic heterocycles. The van der Waals surface area contributed by atoms with E-state index in [9.17, 15) is 13.5 Å². The first-order valence-corrected chi connectivity index (χ1v) is 7.59. The molecule has 0 heterocycles. The minimum Gasteiger partial charge on any atom is -0.396 e. The molecule has 0 saturated heterocycles. The molecule has 5 nitrogen and oxygen atoms in total. The monoisotopic (exact) mass is 286 g/mol. The molecular weight excluding hydrogens is 264 g/mol. The number of nitrogens with one attached hydrogen (secondary N) is 2. The Hall–Kier alpha value is -1.11. The fourth-order valence-electron chi connectivity index (χ4n) is 1.51. The van der Waals surface area contributed by atoms with Gasteiger partial charge in [-0.2, -0.15) is 0 Å². The largest absolute Gasteiger partial charge is 0.396 e. The zero-order chi connectivity index (χ0) is 14.7. The fraction of sp³-hybridized carbons (Fsp3) is 0.538. The molecule has 19 heavy (non-hydrogen) atoms. The Balaban J connectivity index is 2.98. The third kappa shape index (κ3) is 4.19. The predicted molar refractivity (Wildman–Crippen MR) is 76.8 cm³/mol. The summed E-state index contributed by atoms with van der Waals surface area (Å²) in [6.45, 7) is 6.24. The van der Waals surface area contributed by atoms with Crippen molar-refractivity contribution in [2.24, 2.45) is 5.41 Å². The molecule has 0 saturated carbocycles. The molecule has 0 spiro atoms. The highest BCUT2D eigenvalue weighted by Gasteiger charge is 2.18. The average molecular weight is 286 g/mol. The maximum absolute atomic E-state index is 11.9. The van der Waals surface area contributed by atoms with Gasteiger partial charge in [0.05, 0.1) is 4.90 Å². The highest BCUT2D eigenvalue weighted by molar-refractivity contribution is 7.89. The van der Waals surface area contributed by atoms with Gasteiger partial charge in [0.25, 0.3) is 0 Å². The summed E-state index contributed by atoms with van der Waals surface area (Å²) in [4.78, 5) is 0.266. The topological polar surface area (TPSA) is 78.4 Å². The molecule has 108 valence electrons. The average Bonchev–Trinajstić information content (AvgIpc) is 2.37. The van der Waals surface area contributed by atoms with Crippen LogP contribution in [0.1, 0.15) is 19.4 Å². The summed E-state index contributed by atoms with van der Waals surface area (Å²) in [5.74, 6) is 0. The third-order valence-electron chi connectivity index (χ3n) is 2.95. The Morgan fingerprint density at radius 3 is 2.47 bits per heavy atom. The van der Waals surface area contributed by atoms with E-state index < -0.39 is 10.0 Å². The number of anilines is 1. The Morgan fingerprint density at radius 2 is 1.95 bits per heavy atom. The second-order valence-corrected chi connectivity index (χ2v) is 7.22. The molecule has 6 heteroatoms. The first-order valence-electron chi connectivity index (χ1n) is 6.11. The number of hydrogen-bond donors (Lipinski definition) is 3. The number of benzene rings is 1. The lowest BCUT2D eigenvalue weighted by Crippen LogP contribution is -2.27. The van der Waals surface area contributed by atoms with Crippen molar-refractivity contribution in [2.75, 3.05) is 25.5 Å². The van der Waals surface area contributed by atoms with E-state index in [1.807, 2.05) is 19.9 Å². The van der Waals surface area contributed by atoms with Crippen molar-refractivity contribution in [3.63, 3.8) is 0 Å². The van der Waals surface area contributed by atoms with E-state index in [1.165, 1.54) is 7.05 Å². The molecule has 0 aliphatic carbocycles. The SMILES string of the molecule is CNS(=O)(=O)c1cc(NCC(C)(C)CO)ccc1C. The Labute approximate surface area is 115 Å². The molecule has 0 bridgehead atoms. The summed E-state index contributed by atoms with van der Waals surface area (Å²) in [6.07, 6.45) is 0. The van der Waals surface area contributed by atoms with Crippen molar-refractivity contribution < 1.29 is 13.5 Å². The summed E-state index contributed by atoms with van der Waals surface area (Å²) >= 11 is 0. The van der Waals surface area contributed by atoms with Crippen LogP contribution in [0.3, 0.4) is 0 Å². The number of aryl methyl sites for hydroxylation is 1. The van der Waals surface area contributed by atoms with E-state index in [2.05, 4.69) is 10.0 Å². The van der Waals surface area contributed by atoms with Gasteiger partial charge in [-0.3, -0.25) is 0 Å². The van der Waals surface area contributed by atoms with Crippen molar-refractivity contribution in [2.45, 2.75) is 25.7 Å². The van der Waals surface area contributed by atoms with E-state index in [4.69, 9.17) is 0 Å². The van der Waals surface area contributed by atoms with Gasteiger partial charge in [0.15, 0.2) is 0 Å². The van der Waals surface area contributed by atoms with Crippen LogP contribution in [0.4, 0.5) is 5.69 Å². The summed E-state index contributed by atoms with van der Waals surface area (Å²) in [6, 6.07) is 5.20. The van der Waals surface area contributed by atoms with Gasteiger partial charge >= 0.3 is 0 Å². The van der Waals surface area contributed by atoms with Gasteiger partial charge in [-0.1, -0.05) is 19.9 Å². The molecule has 0 unspecified atom stereocenters. The van der Waals surface area contributed by atoms with Crippen LogP contribution in [0.2, 0.25) is 0 Å². The summed E-state index contributed by atoms with van der Waals surface area (Å²) < 4.78 is 26.0. The van der Waals surface area contributed by atoms with Crippen LogP contribution >= 0.6 is 0 Å². The van der Waals surface area contributed by atoms with Crippen LogP contribution in [0.15, 0.2) is 23.1 Å². The van der Waals surface area contributed by atoms with Crippen LogP contribution < -0.4 is 10.0 Å². The van der Waals surface area contributed by atoms with Crippen molar-refractivity contribution in [3.05, 3.63) is 23.8 Å². The molecule has 0 amide bonds. The molecule has 0 aliphatic rings. The summed E-state index contributed by atoms with van der Waals surface area (Å²) in [5, 5.41) is 12.3. The van der Waals surface area contributed by atoms with Crippen LogP contribution in [0.5, 0.6) is 0 Å². The minimum absolute atomic E-state index is 0.0630. The fourth-order valence-corrected chi connectivity index (χ4v) is 2.50. The molecule has 0 radical (unpaired) electrons. The maximum Gasteiger partial charge on any atom is 0.240 e. The van der Waals surface area contributed by atoms with Gasteiger partial charge in [-0.05, 0) is 31.7 Å². The van der Waals surface area contributed by atoms with Gasteiger partial charge < -0.3 is 10.4 Å². The van der Waals surface area contributed by atoms with E-state index in [0.717, 1.165) is 5.69 Å². The van der Waals surface area contributed by atoms with Crippen molar-refractivity contribution in [1.29, 1.82) is 0 Å². The highest BCUT2D eigenvalue weighted by atomic mass is 32.2. The van der Waals surface area contributed by atoms with Crippen molar-refractivity contribution in [1.82, 2.24) is 4.72 Å². The lowest BCUT2D eigenvalue weighted by Gasteiger charge is -2.23. The number of rotatable bonds is 6. The molecule has 0 atom stereocenters. The van der Waals surface area contributed by atoms with Gasteiger partial charge in [-0.25, -0.2) is 13.1 Å². The Morgan fingerprint density at radius 1 is 1.32 bits per heavy atom. The number of aliphatic hydroxyl groups excluding tert-OH is 1. The maximum atomic E-state index is 11.9. The Bertz CT molecular complexity index is 539. The number of aliphatic hydroxyl groups is 1. The zero-order valence-corrected chi connectivity index (χ0v) is 12.6. The van der Waals surface area contributed by atoms with E-state index in [0.29, 0.717) is 12.1 Å². The molecular formula is C13H22N2O3S. The summed E-state index contributed by atoms with van der Waals surface area (Å²) in [7, 11) is -2.06. The third-order valence-corrected chi connectivity index (χ3v) is 4.50. The zero-order valence-electron chi connectivity index (χ0n) is 11.8. The number of sulfonamides is 1. The van der Waals surface area contributed by atoms with Crippen LogP contribution in [0, 0.1) is 12.3 Å². The standard InChI is InChI=1S/C13H22N2O3S/c1-10-5-6-11(15-8-13(2,3)9-16)7-12(10)19(17,18)14-4/h5-7,14-16H,8-9H2,1-4H3. The van der Waals surface area contributed by atoms with Crippen molar-refractivity contribution >= 4 is 15.7 Å². The van der Waals surface area contributed by atoms with E-state index >= 15 is 0 Å². The lowest BCUT2D eigenvalue weighted by atomic mass is 9.95. The second-order valence-electron chi connectivity index (χ2n) is 5.36. The van der Waals surface area contributed by atoms with Crippen LogP contribution in [-0.4, -0.2) is 33.7 Å². The first-order chi connectivity index (χ1) is 8.72. The molecule has 0 aromatic heterocycles. The quantitative estimate of drug-likeness (QED) is 0.737. The van der Waals surface area contributed by atoms with E-state index in [-0.39, 0.29) is 16.9 Å². The molecule has 1 aromatic carbocycles. The van der Waals surface area contributed by atoms with Gasteiger partial charge in [0.2, 0.25) is 10.0 Å². The van der Waals surface area contributed by atoms with Gasteiger partial charge in [0, 0.05) is 24.3 Å². The second kappa shape index (κ2) is 5.90. The smallest absolute Gasteiger partial charge is 0.240 e. The van der Waals surface area contributed by atoms with Crippen molar-refractivity contribution in [3.8, 4) is 0 Å². The van der Waals surface area contributed by atoms with Crippen LogP contribution in [-0.2, 0) is 10.0 Å². The van der Waals surface area contributed by atoms with Crippen LogP contribution in [0.25, 0.3) is 0 Å². The molecule has 1 rings (SSSR count). The molecule has 1 aromatic rings. The molecule has 0 fully saturated rings. The summed E-state index contributed by atoms with van der Waals surface area (Å²) in [5.41, 5.74) is 1.16. The molecule has 3 N–H and O–H groups in total. The van der Waals surface area contributed by atoms with E-state index in [1.54, 1.807) is 19.1 Å². The number of hydrogen-bond acceptors (Lipinski definition) is 4. The minimum atomic E-state index is -3.45.